The van der Waals surface area contributed by atoms with E-state index in [-0.39, 0.29) is 18.6 Å². The summed E-state index contributed by atoms with van der Waals surface area (Å²) in [6.07, 6.45) is 1.21. The van der Waals surface area contributed by atoms with Gasteiger partial charge in [-0.1, -0.05) is 24.3 Å². The van der Waals surface area contributed by atoms with Crippen molar-refractivity contribution < 1.29 is 23.8 Å². The minimum absolute atomic E-state index is 0.122. The summed E-state index contributed by atoms with van der Waals surface area (Å²) in [4.78, 5) is 25.8. The number of amides is 1. The monoisotopic (exact) mass is 367 g/mol. The number of benzene rings is 2. The molecule has 2 aromatic carbocycles. The van der Waals surface area contributed by atoms with Crippen LogP contribution in [0.25, 0.3) is 0 Å². The number of likely N-dealkylation sites (tertiary alicyclic amines) is 1. The lowest BCUT2D eigenvalue weighted by atomic mass is 10.1. The van der Waals surface area contributed by atoms with Gasteiger partial charge < -0.3 is 19.1 Å². The molecule has 0 bridgehead atoms. The van der Waals surface area contributed by atoms with Crippen molar-refractivity contribution in [1.29, 1.82) is 0 Å². The molecule has 4 rings (SSSR count). The van der Waals surface area contributed by atoms with Crippen LogP contribution >= 0.6 is 0 Å². The number of para-hydroxylation sites is 2. The van der Waals surface area contributed by atoms with E-state index in [1.54, 1.807) is 12.1 Å². The number of fused-ring (bicyclic) bond motifs is 1. The van der Waals surface area contributed by atoms with E-state index in [0.717, 1.165) is 18.5 Å². The quantitative estimate of drug-likeness (QED) is 0.761. The van der Waals surface area contributed by atoms with Gasteiger partial charge in [0.25, 0.3) is 0 Å². The Bertz CT molecular complexity index is 833. The summed E-state index contributed by atoms with van der Waals surface area (Å²) in [6.45, 7) is 1.85. The number of nitrogens with zero attached hydrogens (tertiary/aromatic N) is 1. The highest BCUT2D eigenvalue weighted by Gasteiger charge is 2.23. The van der Waals surface area contributed by atoms with E-state index in [1.165, 1.54) is 0 Å². The molecular weight excluding hydrogens is 346 g/mol. The first-order valence-corrected chi connectivity index (χ1v) is 9.11. The Morgan fingerprint density at radius 1 is 1.11 bits per heavy atom. The van der Waals surface area contributed by atoms with Crippen LogP contribution in [0.1, 0.15) is 28.8 Å². The Balaban J connectivity index is 1.29. The van der Waals surface area contributed by atoms with Crippen molar-refractivity contribution in [2.45, 2.75) is 25.5 Å². The third kappa shape index (κ3) is 4.05. The van der Waals surface area contributed by atoms with E-state index in [1.807, 2.05) is 41.3 Å². The molecule has 27 heavy (non-hydrogen) atoms. The van der Waals surface area contributed by atoms with Crippen LogP contribution in [0, 0.1) is 0 Å². The van der Waals surface area contributed by atoms with Gasteiger partial charge in [-0.3, -0.25) is 4.79 Å². The molecule has 6 nitrogen and oxygen atoms in total. The Kier molecular flexibility index (Phi) is 4.96. The highest BCUT2D eigenvalue weighted by Crippen LogP contribution is 2.30. The van der Waals surface area contributed by atoms with Crippen LogP contribution < -0.4 is 9.47 Å². The summed E-state index contributed by atoms with van der Waals surface area (Å²) in [6, 6.07) is 14.6. The number of rotatable bonds is 5. The predicted molar refractivity (Wildman–Crippen MR) is 97.7 cm³/mol. The van der Waals surface area contributed by atoms with Crippen molar-refractivity contribution in [3.05, 3.63) is 59.7 Å². The molecule has 1 atom stereocenters. The Labute approximate surface area is 157 Å². The van der Waals surface area contributed by atoms with E-state index < -0.39 is 5.97 Å². The van der Waals surface area contributed by atoms with Gasteiger partial charge in [0.15, 0.2) is 17.6 Å². The molecule has 140 valence electrons. The third-order valence-electron chi connectivity index (χ3n) is 4.70. The summed E-state index contributed by atoms with van der Waals surface area (Å²) in [5.74, 6) is 1.15. The van der Waals surface area contributed by atoms with Gasteiger partial charge in [-0.15, -0.1) is 0 Å². The van der Waals surface area contributed by atoms with Crippen molar-refractivity contribution in [1.82, 2.24) is 4.90 Å². The van der Waals surface area contributed by atoms with Gasteiger partial charge in [-0.25, -0.2) is 4.79 Å². The van der Waals surface area contributed by atoms with Gasteiger partial charge >= 0.3 is 5.97 Å². The van der Waals surface area contributed by atoms with Crippen LogP contribution in [-0.4, -0.2) is 42.6 Å². The average Bonchev–Trinajstić information content (AvgIpc) is 3.11. The summed E-state index contributed by atoms with van der Waals surface area (Å²) < 4.78 is 16.8. The second kappa shape index (κ2) is 7.70. The molecule has 2 aliphatic heterocycles. The van der Waals surface area contributed by atoms with Crippen LogP contribution in [0.4, 0.5) is 0 Å². The molecule has 1 fully saturated rings. The Morgan fingerprint density at radius 2 is 1.89 bits per heavy atom. The zero-order valence-corrected chi connectivity index (χ0v) is 14.9. The molecule has 0 saturated carbocycles. The van der Waals surface area contributed by atoms with Crippen molar-refractivity contribution in [2.75, 3.05) is 19.8 Å². The maximum atomic E-state index is 12.3. The fraction of sp³-hybridized carbons (Fsp3) is 0.333. The average molecular weight is 367 g/mol. The lowest BCUT2D eigenvalue weighted by Crippen LogP contribution is -2.34. The molecule has 2 heterocycles. The van der Waals surface area contributed by atoms with Crippen LogP contribution in [0.5, 0.6) is 11.5 Å². The molecule has 2 aromatic rings. The van der Waals surface area contributed by atoms with Crippen molar-refractivity contribution in [2.24, 2.45) is 0 Å². The molecule has 1 unspecified atom stereocenters. The molecule has 0 radical (unpaired) electrons. The van der Waals surface area contributed by atoms with Crippen LogP contribution in [0.15, 0.2) is 48.5 Å². The maximum absolute atomic E-state index is 12.3. The molecule has 1 saturated heterocycles. The van der Waals surface area contributed by atoms with E-state index in [0.29, 0.717) is 36.6 Å². The van der Waals surface area contributed by atoms with Crippen LogP contribution in [-0.2, 0) is 16.1 Å². The molecule has 2 aliphatic rings. The minimum Gasteiger partial charge on any atom is -0.486 e. The molecule has 0 spiro atoms. The molecule has 0 aromatic heterocycles. The summed E-state index contributed by atoms with van der Waals surface area (Å²) in [5, 5.41) is 0. The standard InChI is InChI=1S/C21H21NO5/c23-20-6-3-11-22(20)12-15-7-9-16(10-8-15)21(24)26-14-17-13-25-18-4-1-2-5-19(18)27-17/h1-2,4-5,7-10,17H,3,6,11-14H2. The van der Waals surface area contributed by atoms with Gasteiger partial charge in [-0.05, 0) is 36.2 Å². The molecule has 6 heteroatoms. The maximum Gasteiger partial charge on any atom is 0.338 e. The zero-order chi connectivity index (χ0) is 18.6. The SMILES string of the molecule is O=C(OCC1COc2ccccc2O1)c1ccc(CN2CCCC2=O)cc1. The van der Waals surface area contributed by atoms with Crippen LogP contribution in [0.3, 0.4) is 0 Å². The van der Waals surface area contributed by atoms with Crippen LogP contribution in [0.2, 0.25) is 0 Å². The van der Waals surface area contributed by atoms with Gasteiger partial charge in [0.2, 0.25) is 5.91 Å². The predicted octanol–water partition coefficient (Wildman–Crippen LogP) is 2.81. The number of hydrogen-bond acceptors (Lipinski definition) is 5. The zero-order valence-electron chi connectivity index (χ0n) is 14.9. The fourth-order valence-electron chi connectivity index (χ4n) is 3.23. The van der Waals surface area contributed by atoms with Gasteiger partial charge in [0.05, 0.1) is 5.56 Å². The number of carbonyl (C=O) groups is 2. The summed E-state index contributed by atoms with van der Waals surface area (Å²) >= 11 is 0. The van der Waals surface area contributed by atoms with E-state index >= 15 is 0 Å². The normalized spacial score (nSPS) is 18.4. The van der Waals surface area contributed by atoms with Gasteiger partial charge in [0, 0.05) is 19.5 Å². The molecular formula is C21H21NO5. The lowest BCUT2D eigenvalue weighted by molar-refractivity contribution is -0.128. The minimum atomic E-state index is -0.402. The highest BCUT2D eigenvalue weighted by molar-refractivity contribution is 5.89. The summed E-state index contributed by atoms with van der Waals surface area (Å²) in [5.41, 5.74) is 1.48. The third-order valence-corrected chi connectivity index (χ3v) is 4.70. The van der Waals surface area contributed by atoms with E-state index in [9.17, 15) is 9.59 Å². The first-order chi connectivity index (χ1) is 13.2. The van der Waals surface area contributed by atoms with Crippen molar-refractivity contribution in [3.8, 4) is 11.5 Å². The molecule has 0 aliphatic carbocycles. The second-order valence-corrected chi connectivity index (χ2v) is 6.71. The highest BCUT2D eigenvalue weighted by atomic mass is 16.6. The lowest BCUT2D eigenvalue weighted by Gasteiger charge is -2.26. The number of ether oxygens (including phenoxy) is 3. The number of esters is 1. The first kappa shape index (κ1) is 17.4. The first-order valence-electron chi connectivity index (χ1n) is 9.11. The number of carbonyl (C=O) groups excluding carboxylic acids is 2. The summed E-state index contributed by atoms with van der Waals surface area (Å²) in [7, 11) is 0. The fourth-order valence-corrected chi connectivity index (χ4v) is 3.23. The number of hydrogen-bond donors (Lipinski definition) is 0. The molecule has 0 N–H and O–H groups in total. The van der Waals surface area contributed by atoms with E-state index in [4.69, 9.17) is 14.2 Å². The largest absolute Gasteiger partial charge is 0.486 e. The van der Waals surface area contributed by atoms with Gasteiger partial charge in [-0.2, -0.15) is 0 Å². The van der Waals surface area contributed by atoms with Gasteiger partial charge in [0.1, 0.15) is 13.2 Å². The van der Waals surface area contributed by atoms with Crippen molar-refractivity contribution in [3.63, 3.8) is 0 Å². The van der Waals surface area contributed by atoms with Crippen molar-refractivity contribution >= 4 is 11.9 Å². The van der Waals surface area contributed by atoms with E-state index in [2.05, 4.69) is 0 Å². The Morgan fingerprint density at radius 3 is 2.63 bits per heavy atom. The molecule has 1 amide bonds. The smallest absolute Gasteiger partial charge is 0.338 e. The topological polar surface area (TPSA) is 65.1 Å². The second-order valence-electron chi connectivity index (χ2n) is 6.71. The Hall–Kier alpha value is -3.02.